The summed E-state index contributed by atoms with van der Waals surface area (Å²) in [6.07, 6.45) is 4.36. The van der Waals surface area contributed by atoms with Gasteiger partial charge in [0.1, 0.15) is 0 Å². The molecule has 0 saturated heterocycles. The molecule has 0 aliphatic carbocycles. The summed E-state index contributed by atoms with van der Waals surface area (Å²) in [5, 5.41) is 0. The van der Waals surface area contributed by atoms with Gasteiger partial charge in [0, 0.05) is 17.2 Å². The van der Waals surface area contributed by atoms with Crippen LogP contribution in [0, 0.1) is 0 Å². The van der Waals surface area contributed by atoms with E-state index in [-0.39, 0.29) is 0 Å². The normalized spacial score (nSPS) is 10.9. The van der Waals surface area contributed by atoms with Crippen LogP contribution in [0.2, 0.25) is 0 Å². The predicted octanol–water partition coefficient (Wildman–Crippen LogP) is 3.08. The van der Waals surface area contributed by atoms with E-state index in [1.54, 1.807) is 0 Å². The molecule has 0 aliphatic heterocycles. The molecule has 0 aromatic carbocycles. The molecule has 3 heteroatoms. The van der Waals surface area contributed by atoms with E-state index in [0.29, 0.717) is 0 Å². The summed E-state index contributed by atoms with van der Waals surface area (Å²) >= 11 is 3.38. The summed E-state index contributed by atoms with van der Waals surface area (Å²) in [6.45, 7) is 4.30. The molecule has 0 aliphatic rings. The second kappa shape index (κ2) is 6.14. The zero-order chi connectivity index (χ0) is 10.4. The molecule has 0 N–H and O–H groups in total. The Kier molecular flexibility index (Phi) is 5.12. The molecular formula is C11H17BrN2. The fraction of sp³-hybridized carbons (Fsp3) is 0.545. The molecule has 1 aromatic rings. The minimum atomic E-state index is 0.938. The minimum Gasteiger partial charge on any atom is -0.301 e. The highest BCUT2D eigenvalue weighted by atomic mass is 79.9. The Hall–Kier alpha value is -0.410. The predicted molar refractivity (Wildman–Crippen MR) is 63.2 cm³/mol. The monoisotopic (exact) mass is 256 g/mol. The van der Waals surface area contributed by atoms with Crippen molar-refractivity contribution in [2.75, 3.05) is 13.6 Å². The third-order valence-corrected chi connectivity index (χ3v) is 2.58. The lowest BCUT2D eigenvalue weighted by Crippen LogP contribution is -2.19. The average molecular weight is 257 g/mol. The van der Waals surface area contributed by atoms with Crippen molar-refractivity contribution in [3.63, 3.8) is 0 Å². The van der Waals surface area contributed by atoms with Crippen LogP contribution in [0.25, 0.3) is 0 Å². The Bertz CT molecular complexity index is 258. The lowest BCUT2D eigenvalue weighted by Gasteiger charge is -2.15. The summed E-state index contributed by atoms with van der Waals surface area (Å²) in [5.41, 5.74) is 1.13. The number of pyridine rings is 1. The van der Waals surface area contributed by atoms with Crippen molar-refractivity contribution in [1.82, 2.24) is 9.88 Å². The molecule has 1 aromatic heterocycles. The fourth-order valence-electron chi connectivity index (χ4n) is 1.28. The number of hydrogen-bond acceptors (Lipinski definition) is 2. The van der Waals surface area contributed by atoms with Crippen molar-refractivity contribution in [3.8, 4) is 0 Å². The van der Waals surface area contributed by atoms with Gasteiger partial charge in [-0.2, -0.15) is 0 Å². The second-order valence-electron chi connectivity index (χ2n) is 3.56. The van der Waals surface area contributed by atoms with Gasteiger partial charge in [-0.3, -0.25) is 4.98 Å². The fourth-order valence-corrected chi connectivity index (χ4v) is 1.52. The summed E-state index contributed by atoms with van der Waals surface area (Å²) in [7, 11) is 2.14. The standard InChI is InChI=1S/C11H17BrN2/c1-3-4-7-14(2)9-11-6-5-10(12)8-13-11/h5-6,8H,3-4,7,9H2,1-2H3. The number of unbranched alkanes of at least 4 members (excludes halogenated alkanes) is 1. The first-order valence-electron chi connectivity index (χ1n) is 5.01. The smallest absolute Gasteiger partial charge is 0.0544 e. The van der Waals surface area contributed by atoms with Crippen LogP contribution in [0.4, 0.5) is 0 Å². The molecular weight excluding hydrogens is 240 g/mol. The van der Waals surface area contributed by atoms with Gasteiger partial charge < -0.3 is 4.90 Å². The lowest BCUT2D eigenvalue weighted by molar-refractivity contribution is 0.317. The third kappa shape index (κ3) is 4.20. The highest BCUT2D eigenvalue weighted by molar-refractivity contribution is 9.10. The first-order valence-corrected chi connectivity index (χ1v) is 5.80. The van der Waals surface area contributed by atoms with Crippen molar-refractivity contribution in [2.45, 2.75) is 26.3 Å². The number of halogens is 1. The lowest BCUT2D eigenvalue weighted by atomic mass is 10.3. The molecule has 0 amide bonds. The highest BCUT2D eigenvalue weighted by Crippen LogP contribution is 2.08. The van der Waals surface area contributed by atoms with Crippen LogP contribution in [0.5, 0.6) is 0 Å². The topological polar surface area (TPSA) is 16.1 Å². The maximum Gasteiger partial charge on any atom is 0.0544 e. The molecule has 1 rings (SSSR count). The maximum absolute atomic E-state index is 4.34. The van der Waals surface area contributed by atoms with E-state index < -0.39 is 0 Å². The first kappa shape index (κ1) is 11.7. The van der Waals surface area contributed by atoms with E-state index in [0.717, 1.165) is 23.3 Å². The molecule has 0 atom stereocenters. The molecule has 0 unspecified atom stereocenters. The van der Waals surface area contributed by atoms with Crippen LogP contribution < -0.4 is 0 Å². The van der Waals surface area contributed by atoms with E-state index in [4.69, 9.17) is 0 Å². The molecule has 0 bridgehead atoms. The second-order valence-corrected chi connectivity index (χ2v) is 4.47. The van der Waals surface area contributed by atoms with Gasteiger partial charge in [0.15, 0.2) is 0 Å². The van der Waals surface area contributed by atoms with Gasteiger partial charge in [0.05, 0.1) is 5.69 Å². The van der Waals surface area contributed by atoms with Crippen LogP contribution in [0.15, 0.2) is 22.8 Å². The van der Waals surface area contributed by atoms with Crippen LogP contribution in [-0.2, 0) is 6.54 Å². The zero-order valence-electron chi connectivity index (χ0n) is 8.83. The number of aromatic nitrogens is 1. The largest absolute Gasteiger partial charge is 0.301 e. The summed E-state index contributed by atoms with van der Waals surface area (Å²) in [4.78, 5) is 6.64. The van der Waals surface area contributed by atoms with Crippen LogP contribution >= 0.6 is 15.9 Å². The number of nitrogens with zero attached hydrogens (tertiary/aromatic N) is 2. The first-order chi connectivity index (χ1) is 6.72. The van der Waals surface area contributed by atoms with Gasteiger partial charge in [0.25, 0.3) is 0 Å². The highest BCUT2D eigenvalue weighted by Gasteiger charge is 2.00. The molecule has 78 valence electrons. The Morgan fingerprint density at radius 3 is 2.79 bits per heavy atom. The minimum absolute atomic E-state index is 0.938. The Morgan fingerprint density at radius 2 is 2.21 bits per heavy atom. The quantitative estimate of drug-likeness (QED) is 0.805. The molecule has 0 fully saturated rings. The molecule has 0 saturated carbocycles. The molecule has 0 spiro atoms. The third-order valence-electron chi connectivity index (χ3n) is 2.11. The molecule has 14 heavy (non-hydrogen) atoms. The van der Waals surface area contributed by atoms with Gasteiger partial charge in [-0.15, -0.1) is 0 Å². The van der Waals surface area contributed by atoms with Gasteiger partial charge in [-0.05, 0) is 48.1 Å². The Balaban J connectivity index is 2.39. The van der Waals surface area contributed by atoms with Gasteiger partial charge in [0.2, 0.25) is 0 Å². The van der Waals surface area contributed by atoms with E-state index in [1.165, 1.54) is 12.8 Å². The van der Waals surface area contributed by atoms with Crippen molar-refractivity contribution in [2.24, 2.45) is 0 Å². The Labute approximate surface area is 94.5 Å². The summed E-state index contributed by atoms with van der Waals surface area (Å²) in [6, 6.07) is 4.10. The van der Waals surface area contributed by atoms with Crippen molar-refractivity contribution in [3.05, 3.63) is 28.5 Å². The van der Waals surface area contributed by atoms with Crippen molar-refractivity contribution < 1.29 is 0 Å². The van der Waals surface area contributed by atoms with Gasteiger partial charge in [-0.25, -0.2) is 0 Å². The van der Waals surface area contributed by atoms with Crippen LogP contribution in [0.1, 0.15) is 25.5 Å². The molecule has 0 radical (unpaired) electrons. The number of rotatable bonds is 5. The van der Waals surface area contributed by atoms with Gasteiger partial charge in [-0.1, -0.05) is 13.3 Å². The summed E-state index contributed by atoms with van der Waals surface area (Å²) < 4.78 is 1.04. The molecule has 2 nitrogen and oxygen atoms in total. The average Bonchev–Trinajstić information content (AvgIpc) is 2.18. The van der Waals surface area contributed by atoms with Crippen molar-refractivity contribution >= 4 is 15.9 Å². The molecule has 1 heterocycles. The summed E-state index contributed by atoms with van der Waals surface area (Å²) in [5.74, 6) is 0. The van der Waals surface area contributed by atoms with Crippen LogP contribution in [-0.4, -0.2) is 23.5 Å². The maximum atomic E-state index is 4.34. The zero-order valence-corrected chi connectivity index (χ0v) is 10.4. The van der Waals surface area contributed by atoms with Crippen molar-refractivity contribution in [1.29, 1.82) is 0 Å². The van der Waals surface area contributed by atoms with E-state index in [2.05, 4.69) is 45.9 Å². The van der Waals surface area contributed by atoms with E-state index >= 15 is 0 Å². The van der Waals surface area contributed by atoms with E-state index in [9.17, 15) is 0 Å². The van der Waals surface area contributed by atoms with E-state index in [1.807, 2.05) is 12.3 Å². The number of hydrogen-bond donors (Lipinski definition) is 0. The van der Waals surface area contributed by atoms with Crippen LogP contribution in [0.3, 0.4) is 0 Å². The SMILES string of the molecule is CCCCN(C)Cc1ccc(Br)cn1. The Morgan fingerprint density at radius 1 is 1.43 bits per heavy atom. The van der Waals surface area contributed by atoms with Gasteiger partial charge >= 0.3 is 0 Å².